The molecule has 62 heavy (non-hydrogen) atoms. The molecule has 5 aromatic carbocycles. The molecule has 0 radical (unpaired) electrons. The van der Waals surface area contributed by atoms with E-state index < -0.39 is 0 Å². The van der Waals surface area contributed by atoms with Gasteiger partial charge in [0.05, 0.1) is 0 Å². The van der Waals surface area contributed by atoms with Crippen molar-refractivity contribution in [3.05, 3.63) is 150 Å². The van der Waals surface area contributed by atoms with Gasteiger partial charge in [0.2, 0.25) is 0 Å². The Bertz CT molecular complexity index is 2760. The fourth-order valence-electron chi connectivity index (χ4n) is 8.08. The zero-order valence-electron chi connectivity index (χ0n) is 39.4. The normalized spacial score (nSPS) is 13.8. The van der Waals surface area contributed by atoms with Crippen LogP contribution in [0.1, 0.15) is 132 Å². The summed E-state index contributed by atoms with van der Waals surface area (Å²) >= 11 is 0. The predicted molar refractivity (Wildman–Crippen MR) is 258 cm³/mol. The number of hydrogen-bond acceptors (Lipinski definition) is 4. The van der Waals surface area contributed by atoms with Crippen LogP contribution in [0.25, 0.3) is 27.6 Å². The van der Waals surface area contributed by atoms with Crippen LogP contribution in [-0.4, -0.2) is 9.55 Å². The number of para-hydroxylation sites is 1. The van der Waals surface area contributed by atoms with Crippen molar-refractivity contribution < 1.29 is 25.8 Å². The molecule has 0 bridgehead atoms. The Morgan fingerprint density at radius 2 is 1.10 bits per heavy atom. The van der Waals surface area contributed by atoms with Crippen LogP contribution in [0.3, 0.4) is 0 Å². The van der Waals surface area contributed by atoms with Crippen LogP contribution in [0, 0.1) is 18.8 Å². The van der Waals surface area contributed by atoms with E-state index in [1.165, 1.54) is 22.3 Å². The quantitative estimate of drug-likeness (QED) is 0.161. The van der Waals surface area contributed by atoms with Gasteiger partial charge in [0.15, 0.2) is 0 Å². The molecule has 0 N–H and O–H groups in total. The first kappa shape index (κ1) is 45.2. The summed E-state index contributed by atoms with van der Waals surface area (Å²) in [6.45, 7) is 36.3. The third-order valence-electron chi connectivity index (χ3n) is 12.1. The number of pyridine rings is 1. The molecule has 0 saturated carbocycles. The summed E-state index contributed by atoms with van der Waals surface area (Å²) in [5.41, 5.74) is 12.4. The molecule has 3 heterocycles. The summed E-state index contributed by atoms with van der Waals surface area (Å²) in [4.78, 5) is 9.54. The first-order valence-electron chi connectivity index (χ1n) is 21.8. The molecule has 8 rings (SSSR count). The number of hydrogen-bond donors (Lipinski definition) is 0. The third kappa shape index (κ3) is 8.72. The number of nitrogens with zero attached hydrogens (tertiary/aromatic N) is 4. The van der Waals surface area contributed by atoms with E-state index in [1.54, 1.807) is 0 Å². The topological polar surface area (TPSA) is 33.5 Å². The number of rotatable bonds is 5. The maximum Gasteiger partial charge on any atom is 0.135 e. The smallest absolute Gasteiger partial charge is 0.135 e. The van der Waals surface area contributed by atoms with Gasteiger partial charge in [-0.1, -0.05) is 140 Å². The van der Waals surface area contributed by atoms with Gasteiger partial charge in [-0.05, 0) is 97.2 Å². The standard InChI is InChI=1S/C56H63N4O.Pt/c1-52(2,3)36-20-23-48-50(31-36)59(41-27-38(54(7,8)9)26-39(28-41)55(10,11)12)35-58(48)42-29-40(56(13,14)15)30-44(33-42)61-43-21-22-46-45-18-16-17-19-47(45)60(49(46)34-43)51-32-37(24-25-57-51)53(4,5)6;/h16-32,35H,1-15H3;/q-3;. The summed E-state index contributed by atoms with van der Waals surface area (Å²) in [6.07, 6.45) is 1.91. The molecular weight excluding hydrogens is 940 g/mol. The number of ether oxygens (including phenoxy) is 1. The Morgan fingerprint density at radius 3 is 1.73 bits per heavy atom. The van der Waals surface area contributed by atoms with E-state index in [-0.39, 0.29) is 48.1 Å². The SMILES string of the molecule is CC(C)(C)c1cc(Oc2[c-]c3c(cc2)c2ccccc2n3-c2cc(C(C)(C)C)ccn2)[c-]c(N2[CH-]N(c3cc(C(C)(C)C)cc(C(C)(C)C)c3)c3cc(C(C)(C)C)ccc32)c1.[Pt]. The molecular formula is C56H63N4OPt-3. The minimum atomic E-state index is -0.160. The van der Waals surface area contributed by atoms with Gasteiger partial charge in [0, 0.05) is 61.3 Å². The van der Waals surface area contributed by atoms with Gasteiger partial charge in [0.25, 0.3) is 0 Å². The fourth-order valence-corrected chi connectivity index (χ4v) is 8.08. The zero-order chi connectivity index (χ0) is 44.0. The summed E-state index contributed by atoms with van der Waals surface area (Å²) in [7, 11) is 0. The Kier molecular flexibility index (Phi) is 11.5. The molecule has 2 aromatic heterocycles. The molecule has 0 fully saturated rings. The van der Waals surface area contributed by atoms with Crippen LogP contribution in [0.15, 0.2) is 103 Å². The second-order valence-electron chi connectivity index (χ2n) is 22.1. The molecule has 6 heteroatoms. The van der Waals surface area contributed by atoms with Crippen molar-refractivity contribution in [1.82, 2.24) is 9.55 Å². The van der Waals surface area contributed by atoms with Crippen molar-refractivity contribution in [3.63, 3.8) is 0 Å². The van der Waals surface area contributed by atoms with Crippen LogP contribution in [0.2, 0.25) is 0 Å². The van der Waals surface area contributed by atoms with Crippen LogP contribution < -0.4 is 14.5 Å². The second kappa shape index (κ2) is 15.7. The van der Waals surface area contributed by atoms with Gasteiger partial charge in [0.1, 0.15) is 5.82 Å². The summed E-state index contributed by atoms with van der Waals surface area (Å²) in [6, 6.07) is 42.8. The van der Waals surface area contributed by atoms with Crippen molar-refractivity contribution in [3.8, 4) is 17.3 Å². The minimum absolute atomic E-state index is 0. The van der Waals surface area contributed by atoms with Crippen molar-refractivity contribution in [2.45, 2.75) is 131 Å². The third-order valence-corrected chi connectivity index (χ3v) is 12.1. The van der Waals surface area contributed by atoms with Gasteiger partial charge >= 0.3 is 0 Å². The second-order valence-corrected chi connectivity index (χ2v) is 22.1. The van der Waals surface area contributed by atoms with Crippen LogP contribution in [-0.2, 0) is 48.1 Å². The number of anilines is 4. The Labute approximate surface area is 385 Å². The number of fused-ring (bicyclic) bond motifs is 4. The molecule has 5 nitrogen and oxygen atoms in total. The van der Waals surface area contributed by atoms with Gasteiger partial charge in [-0.25, -0.2) is 4.98 Å². The van der Waals surface area contributed by atoms with Gasteiger partial charge in [-0.15, -0.1) is 53.6 Å². The predicted octanol–water partition coefficient (Wildman–Crippen LogP) is 15.5. The number of aromatic nitrogens is 2. The molecule has 0 saturated heterocycles. The van der Waals surface area contributed by atoms with E-state index >= 15 is 0 Å². The first-order valence-corrected chi connectivity index (χ1v) is 21.8. The largest absolute Gasteiger partial charge is 0.509 e. The van der Waals surface area contributed by atoms with Crippen LogP contribution in [0.4, 0.5) is 22.7 Å². The number of benzene rings is 5. The fraction of sp³-hybridized carbons (Fsp3) is 0.357. The molecule has 0 spiro atoms. The maximum absolute atomic E-state index is 6.86. The molecule has 1 aliphatic rings. The van der Waals surface area contributed by atoms with E-state index in [4.69, 9.17) is 9.72 Å². The summed E-state index contributed by atoms with van der Waals surface area (Å²) in [5.74, 6) is 2.12. The van der Waals surface area contributed by atoms with Crippen LogP contribution >= 0.6 is 0 Å². The van der Waals surface area contributed by atoms with E-state index in [0.29, 0.717) is 11.5 Å². The van der Waals surface area contributed by atoms with E-state index in [9.17, 15) is 0 Å². The van der Waals surface area contributed by atoms with Gasteiger partial charge in [-0.3, -0.25) is 0 Å². The molecule has 1 aliphatic heterocycles. The minimum Gasteiger partial charge on any atom is -0.509 e. The van der Waals surface area contributed by atoms with Crippen LogP contribution in [0.5, 0.6) is 11.5 Å². The molecule has 326 valence electrons. The average Bonchev–Trinajstić information content (AvgIpc) is 3.72. The Hall–Kier alpha value is -4.86. The van der Waals surface area contributed by atoms with E-state index in [0.717, 1.165) is 55.9 Å². The van der Waals surface area contributed by atoms with Crippen molar-refractivity contribution >= 4 is 44.6 Å². The average molecular weight is 1000 g/mol. The zero-order valence-corrected chi connectivity index (χ0v) is 41.7. The van der Waals surface area contributed by atoms with E-state index in [1.807, 2.05) is 12.3 Å². The first-order chi connectivity index (χ1) is 28.4. The molecule has 0 aliphatic carbocycles. The van der Waals surface area contributed by atoms with Gasteiger partial charge in [-0.2, -0.15) is 6.07 Å². The monoisotopic (exact) mass is 1000 g/mol. The van der Waals surface area contributed by atoms with Crippen molar-refractivity contribution in [1.29, 1.82) is 0 Å². The van der Waals surface area contributed by atoms with Gasteiger partial charge < -0.3 is 19.1 Å². The molecule has 7 aromatic rings. The van der Waals surface area contributed by atoms with E-state index in [2.05, 4.69) is 228 Å². The summed E-state index contributed by atoms with van der Waals surface area (Å²) < 4.78 is 9.07. The summed E-state index contributed by atoms with van der Waals surface area (Å²) in [5, 5.41) is 2.25. The maximum atomic E-state index is 6.86. The Balaban J connectivity index is 0.00000578. The Morgan fingerprint density at radius 1 is 0.500 bits per heavy atom. The van der Waals surface area contributed by atoms with Crippen molar-refractivity contribution in [2.75, 3.05) is 9.80 Å². The molecule has 0 atom stereocenters. The molecule has 0 amide bonds. The van der Waals surface area contributed by atoms with Crippen molar-refractivity contribution in [2.24, 2.45) is 0 Å². The molecule has 0 unspecified atom stereocenters.